The monoisotopic (exact) mass is 290 g/mol. The number of nitrogens with one attached hydrogen (secondary N) is 2. The van der Waals surface area contributed by atoms with Crippen LogP contribution in [0.25, 0.3) is 0 Å². The molecule has 0 spiro atoms. The van der Waals surface area contributed by atoms with E-state index < -0.39 is 6.09 Å². The molecule has 5 heteroatoms. The van der Waals surface area contributed by atoms with Gasteiger partial charge in [-0.15, -0.1) is 11.3 Å². The molecule has 0 fully saturated rings. The second kappa shape index (κ2) is 6.96. The van der Waals surface area contributed by atoms with E-state index >= 15 is 0 Å². The second-order valence-electron chi connectivity index (χ2n) is 4.27. The SMILES string of the molecule is CCc1ccc(CNc2ccc(NC(=O)OC)cc2)s1. The van der Waals surface area contributed by atoms with Crippen LogP contribution in [0.4, 0.5) is 16.2 Å². The summed E-state index contributed by atoms with van der Waals surface area (Å²) in [6.45, 7) is 2.98. The standard InChI is InChI=1S/C15H18N2O2S/c1-3-13-8-9-14(20-13)10-16-11-4-6-12(7-5-11)17-15(18)19-2/h4-9,16H,3,10H2,1-2H3,(H,17,18). The lowest BCUT2D eigenvalue weighted by Crippen LogP contribution is -2.10. The average molecular weight is 290 g/mol. The fourth-order valence-electron chi connectivity index (χ4n) is 1.74. The molecule has 0 saturated heterocycles. The van der Waals surface area contributed by atoms with Crippen molar-refractivity contribution in [1.82, 2.24) is 0 Å². The Morgan fingerprint density at radius 2 is 1.75 bits per heavy atom. The highest BCUT2D eigenvalue weighted by atomic mass is 32.1. The Hall–Kier alpha value is -2.01. The molecule has 20 heavy (non-hydrogen) atoms. The van der Waals surface area contributed by atoms with Crippen molar-refractivity contribution in [1.29, 1.82) is 0 Å². The summed E-state index contributed by atoms with van der Waals surface area (Å²) in [4.78, 5) is 13.8. The number of carbonyl (C=O) groups excluding carboxylic acids is 1. The van der Waals surface area contributed by atoms with Crippen LogP contribution in [-0.4, -0.2) is 13.2 Å². The lowest BCUT2D eigenvalue weighted by Gasteiger charge is -2.07. The quantitative estimate of drug-likeness (QED) is 0.871. The maximum absolute atomic E-state index is 11.1. The first-order valence-corrected chi connectivity index (χ1v) is 7.29. The van der Waals surface area contributed by atoms with E-state index in [0.29, 0.717) is 5.69 Å². The average Bonchev–Trinajstić information content (AvgIpc) is 2.94. The number of amides is 1. The summed E-state index contributed by atoms with van der Waals surface area (Å²) in [5.41, 5.74) is 1.73. The molecule has 1 aromatic carbocycles. The first-order chi connectivity index (χ1) is 9.71. The molecule has 2 N–H and O–H groups in total. The van der Waals surface area contributed by atoms with Crippen LogP contribution in [0, 0.1) is 0 Å². The molecule has 1 heterocycles. The Morgan fingerprint density at radius 3 is 2.35 bits per heavy atom. The van der Waals surface area contributed by atoms with Gasteiger partial charge in [0.2, 0.25) is 0 Å². The number of hydrogen-bond acceptors (Lipinski definition) is 4. The molecule has 2 aromatic rings. The van der Waals surface area contributed by atoms with Gasteiger partial charge in [-0.1, -0.05) is 6.92 Å². The first kappa shape index (κ1) is 14.4. The van der Waals surface area contributed by atoms with Gasteiger partial charge >= 0.3 is 6.09 Å². The van der Waals surface area contributed by atoms with Gasteiger partial charge in [-0.05, 0) is 42.8 Å². The summed E-state index contributed by atoms with van der Waals surface area (Å²) < 4.78 is 4.54. The van der Waals surface area contributed by atoms with Crippen LogP contribution >= 0.6 is 11.3 Å². The molecule has 0 radical (unpaired) electrons. The number of carbonyl (C=O) groups is 1. The largest absolute Gasteiger partial charge is 0.453 e. The molecule has 0 aliphatic heterocycles. The fraction of sp³-hybridized carbons (Fsp3) is 0.267. The smallest absolute Gasteiger partial charge is 0.411 e. The van der Waals surface area contributed by atoms with Gasteiger partial charge < -0.3 is 10.1 Å². The Bertz CT molecular complexity index is 564. The van der Waals surface area contributed by atoms with Crippen molar-refractivity contribution in [2.24, 2.45) is 0 Å². The summed E-state index contributed by atoms with van der Waals surface area (Å²) in [7, 11) is 1.34. The molecule has 1 amide bonds. The van der Waals surface area contributed by atoms with Crippen molar-refractivity contribution in [3.8, 4) is 0 Å². The Kier molecular flexibility index (Phi) is 5.01. The van der Waals surface area contributed by atoms with E-state index in [1.807, 2.05) is 35.6 Å². The van der Waals surface area contributed by atoms with Crippen molar-refractivity contribution in [3.05, 3.63) is 46.2 Å². The Balaban J connectivity index is 1.88. The number of hydrogen-bond donors (Lipinski definition) is 2. The molecule has 0 atom stereocenters. The summed E-state index contributed by atoms with van der Waals surface area (Å²) in [6.07, 6.45) is 0.620. The Labute approximate surface area is 122 Å². The van der Waals surface area contributed by atoms with Gasteiger partial charge in [0.15, 0.2) is 0 Å². The van der Waals surface area contributed by atoms with Crippen LogP contribution in [-0.2, 0) is 17.7 Å². The van der Waals surface area contributed by atoms with Gasteiger partial charge in [0, 0.05) is 27.7 Å². The second-order valence-corrected chi connectivity index (χ2v) is 5.52. The molecule has 0 aliphatic carbocycles. The van der Waals surface area contributed by atoms with E-state index in [9.17, 15) is 4.79 Å². The van der Waals surface area contributed by atoms with Crippen molar-refractivity contribution < 1.29 is 9.53 Å². The third-order valence-corrected chi connectivity index (χ3v) is 4.08. The molecule has 106 valence electrons. The minimum Gasteiger partial charge on any atom is -0.453 e. The topological polar surface area (TPSA) is 50.4 Å². The van der Waals surface area contributed by atoms with Crippen molar-refractivity contribution >= 4 is 28.8 Å². The number of ether oxygens (including phenoxy) is 1. The highest BCUT2D eigenvalue weighted by Crippen LogP contribution is 2.19. The van der Waals surface area contributed by atoms with E-state index in [0.717, 1.165) is 18.7 Å². The van der Waals surface area contributed by atoms with Gasteiger partial charge in [0.25, 0.3) is 0 Å². The van der Waals surface area contributed by atoms with Crippen LogP contribution in [0.1, 0.15) is 16.7 Å². The third-order valence-electron chi connectivity index (χ3n) is 2.85. The van der Waals surface area contributed by atoms with Gasteiger partial charge in [-0.3, -0.25) is 5.32 Å². The maximum atomic E-state index is 11.1. The highest BCUT2D eigenvalue weighted by molar-refractivity contribution is 7.12. The minimum atomic E-state index is -0.462. The fourth-order valence-corrected chi connectivity index (χ4v) is 2.63. The number of benzene rings is 1. The van der Waals surface area contributed by atoms with E-state index in [1.54, 1.807) is 0 Å². The predicted molar refractivity (Wildman–Crippen MR) is 83.5 cm³/mol. The molecule has 0 saturated carbocycles. The number of anilines is 2. The van der Waals surface area contributed by atoms with Crippen LogP contribution in [0.5, 0.6) is 0 Å². The van der Waals surface area contributed by atoms with Gasteiger partial charge in [0.05, 0.1) is 7.11 Å². The van der Waals surface area contributed by atoms with E-state index in [4.69, 9.17) is 0 Å². The number of thiophene rings is 1. The molecule has 0 unspecified atom stereocenters. The lowest BCUT2D eigenvalue weighted by molar-refractivity contribution is 0.187. The summed E-state index contributed by atoms with van der Waals surface area (Å²) >= 11 is 1.83. The zero-order valence-corrected chi connectivity index (χ0v) is 12.4. The van der Waals surface area contributed by atoms with E-state index in [-0.39, 0.29) is 0 Å². The zero-order valence-electron chi connectivity index (χ0n) is 11.6. The predicted octanol–water partition coefficient (Wildman–Crippen LogP) is 4.10. The van der Waals surface area contributed by atoms with Crippen LogP contribution in [0.2, 0.25) is 0 Å². The number of aryl methyl sites for hydroxylation is 1. The highest BCUT2D eigenvalue weighted by Gasteiger charge is 2.01. The summed E-state index contributed by atoms with van der Waals surface area (Å²) in [5, 5.41) is 5.98. The molecular formula is C15H18N2O2S. The minimum absolute atomic E-state index is 0.462. The molecule has 0 aliphatic rings. The van der Waals surface area contributed by atoms with Crippen molar-refractivity contribution in [2.75, 3.05) is 17.7 Å². The Morgan fingerprint density at radius 1 is 1.10 bits per heavy atom. The normalized spacial score (nSPS) is 10.1. The molecule has 1 aromatic heterocycles. The van der Waals surface area contributed by atoms with E-state index in [2.05, 4.69) is 34.4 Å². The lowest BCUT2D eigenvalue weighted by atomic mass is 10.3. The van der Waals surface area contributed by atoms with Crippen molar-refractivity contribution in [3.63, 3.8) is 0 Å². The number of rotatable bonds is 5. The third kappa shape index (κ3) is 3.99. The van der Waals surface area contributed by atoms with Crippen LogP contribution < -0.4 is 10.6 Å². The van der Waals surface area contributed by atoms with Gasteiger partial charge in [0.1, 0.15) is 0 Å². The van der Waals surface area contributed by atoms with Gasteiger partial charge in [-0.25, -0.2) is 4.79 Å². The summed E-state index contributed by atoms with van der Waals surface area (Å²) in [5.74, 6) is 0. The van der Waals surface area contributed by atoms with E-state index in [1.165, 1.54) is 16.9 Å². The van der Waals surface area contributed by atoms with Crippen molar-refractivity contribution in [2.45, 2.75) is 19.9 Å². The molecule has 2 rings (SSSR count). The first-order valence-electron chi connectivity index (χ1n) is 6.47. The zero-order chi connectivity index (χ0) is 14.4. The summed E-state index contributed by atoms with van der Waals surface area (Å²) in [6, 6.07) is 11.9. The van der Waals surface area contributed by atoms with Crippen LogP contribution in [0.15, 0.2) is 36.4 Å². The molecule has 4 nitrogen and oxygen atoms in total. The van der Waals surface area contributed by atoms with Gasteiger partial charge in [-0.2, -0.15) is 0 Å². The maximum Gasteiger partial charge on any atom is 0.411 e. The molecule has 0 bridgehead atoms. The van der Waals surface area contributed by atoms with Crippen LogP contribution in [0.3, 0.4) is 0 Å². The molecular weight excluding hydrogens is 272 g/mol. The number of methoxy groups -OCH3 is 1.